The molecule has 0 saturated carbocycles. The average Bonchev–Trinajstić information content (AvgIpc) is 2.33. The van der Waals surface area contributed by atoms with E-state index in [1.54, 1.807) is 24.3 Å². The van der Waals surface area contributed by atoms with Gasteiger partial charge in [0.05, 0.1) is 10.7 Å². The smallest absolute Gasteiger partial charge is 0.159 e. The van der Waals surface area contributed by atoms with E-state index >= 15 is 0 Å². The Bertz CT molecular complexity index is 599. The number of pyridine rings is 1. The summed E-state index contributed by atoms with van der Waals surface area (Å²) in [4.78, 5) is 15.4. The van der Waals surface area contributed by atoms with Crippen molar-refractivity contribution in [3.8, 4) is 0 Å². The first-order chi connectivity index (χ1) is 8.56. The van der Waals surface area contributed by atoms with Crippen LogP contribution in [0.4, 0.5) is 17.2 Å². The van der Waals surface area contributed by atoms with Gasteiger partial charge < -0.3 is 11.1 Å². The summed E-state index contributed by atoms with van der Waals surface area (Å²) in [6.45, 7) is 1.52. The zero-order valence-corrected chi connectivity index (χ0v) is 10.5. The number of Topliss-reactive ketones (excluding diaryl/α,β-unsaturated/α-hetero) is 1. The van der Waals surface area contributed by atoms with Crippen molar-refractivity contribution >= 4 is 34.6 Å². The predicted molar refractivity (Wildman–Crippen MR) is 73.4 cm³/mol. The summed E-state index contributed by atoms with van der Waals surface area (Å²) in [6.07, 6.45) is 1.51. The van der Waals surface area contributed by atoms with Gasteiger partial charge in [-0.1, -0.05) is 23.7 Å². The fraction of sp³-hybridized carbons (Fsp3) is 0.0769. The van der Waals surface area contributed by atoms with Gasteiger partial charge in [-0.3, -0.25) is 4.79 Å². The molecule has 1 aromatic carbocycles. The van der Waals surface area contributed by atoms with E-state index in [-0.39, 0.29) is 5.78 Å². The minimum Gasteiger partial charge on any atom is -0.396 e. The lowest BCUT2D eigenvalue weighted by Gasteiger charge is -2.09. The molecule has 0 radical (unpaired) electrons. The highest BCUT2D eigenvalue weighted by atomic mass is 35.5. The van der Waals surface area contributed by atoms with Gasteiger partial charge in [-0.25, -0.2) is 4.98 Å². The third-order valence-electron chi connectivity index (χ3n) is 2.42. The third kappa shape index (κ3) is 2.78. The molecular weight excluding hydrogens is 250 g/mol. The molecule has 0 spiro atoms. The number of nitrogen functional groups attached to an aromatic ring is 1. The van der Waals surface area contributed by atoms with E-state index in [1.807, 2.05) is 6.07 Å². The molecular formula is C13H12ClN3O. The van der Waals surface area contributed by atoms with Crippen molar-refractivity contribution in [3.05, 3.63) is 47.1 Å². The highest BCUT2D eigenvalue weighted by molar-refractivity contribution is 6.30. The molecule has 5 heteroatoms. The van der Waals surface area contributed by atoms with Gasteiger partial charge >= 0.3 is 0 Å². The van der Waals surface area contributed by atoms with Gasteiger partial charge in [0, 0.05) is 17.4 Å². The quantitative estimate of drug-likeness (QED) is 0.832. The number of hydrogen-bond acceptors (Lipinski definition) is 4. The first-order valence-electron chi connectivity index (χ1n) is 5.35. The van der Waals surface area contributed by atoms with Gasteiger partial charge in [-0.2, -0.15) is 0 Å². The Kier molecular flexibility index (Phi) is 3.48. The first kappa shape index (κ1) is 12.4. The number of rotatable bonds is 3. The molecule has 0 bridgehead atoms. The fourth-order valence-corrected chi connectivity index (χ4v) is 1.68. The minimum atomic E-state index is 0.00990. The Morgan fingerprint density at radius 1 is 1.39 bits per heavy atom. The maximum atomic E-state index is 11.3. The summed E-state index contributed by atoms with van der Waals surface area (Å²) in [7, 11) is 0. The van der Waals surface area contributed by atoms with Crippen molar-refractivity contribution in [2.45, 2.75) is 6.92 Å². The summed E-state index contributed by atoms with van der Waals surface area (Å²) in [5.74, 6) is 0.524. The number of nitrogens with zero attached hydrogens (tertiary/aromatic N) is 1. The van der Waals surface area contributed by atoms with Crippen molar-refractivity contribution in [2.24, 2.45) is 0 Å². The van der Waals surface area contributed by atoms with Crippen LogP contribution in [0, 0.1) is 0 Å². The maximum Gasteiger partial charge on any atom is 0.159 e. The van der Waals surface area contributed by atoms with Gasteiger partial charge in [-0.15, -0.1) is 0 Å². The molecule has 0 unspecified atom stereocenters. The third-order valence-corrected chi connectivity index (χ3v) is 2.62. The Morgan fingerprint density at radius 2 is 2.17 bits per heavy atom. The van der Waals surface area contributed by atoms with Crippen molar-refractivity contribution in [1.29, 1.82) is 0 Å². The summed E-state index contributed by atoms with van der Waals surface area (Å²) >= 11 is 5.77. The van der Waals surface area contributed by atoms with Crippen LogP contribution in [0.15, 0.2) is 36.5 Å². The normalized spacial score (nSPS) is 10.1. The topological polar surface area (TPSA) is 68.0 Å². The molecule has 0 amide bonds. The Labute approximate surface area is 110 Å². The van der Waals surface area contributed by atoms with E-state index in [0.717, 1.165) is 5.69 Å². The lowest BCUT2D eigenvalue weighted by atomic mass is 10.1. The van der Waals surface area contributed by atoms with Crippen LogP contribution in [0.1, 0.15) is 17.3 Å². The molecule has 4 nitrogen and oxygen atoms in total. The minimum absolute atomic E-state index is 0.00990. The lowest BCUT2D eigenvalue weighted by Crippen LogP contribution is -2.00. The molecule has 1 heterocycles. The van der Waals surface area contributed by atoms with Crippen LogP contribution in [-0.4, -0.2) is 10.8 Å². The summed E-state index contributed by atoms with van der Waals surface area (Å²) in [6, 6.07) is 8.75. The van der Waals surface area contributed by atoms with Crippen LogP contribution in [0.5, 0.6) is 0 Å². The SMILES string of the molecule is CC(=O)c1cccc(Nc2ncc(Cl)cc2N)c1. The lowest BCUT2D eigenvalue weighted by molar-refractivity contribution is 0.101. The monoisotopic (exact) mass is 261 g/mol. The van der Waals surface area contributed by atoms with E-state index in [0.29, 0.717) is 22.1 Å². The molecule has 3 N–H and O–H groups in total. The molecule has 1 aromatic heterocycles. The molecule has 0 aliphatic carbocycles. The van der Waals surface area contributed by atoms with Crippen molar-refractivity contribution in [3.63, 3.8) is 0 Å². The number of benzene rings is 1. The molecule has 0 fully saturated rings. The number of carbonyl (C=O) groups is 1. The van der Waals surface area contributed by atoms with Crippen LogP contribution < -0.4 is 11.1 Å². The average molecular weight is 262 g/mol. The standard InChI is InChI=1S/C13H12ClN3O/c1-8(18)9-3-2-4-11(5-9)17-13-12(15)6-10(14)7-16-13/h2-7H,15H2,1H3,(H,16,17). The van der Waals surface area contributed by atoms with Crippen LogP contribution in [0.25, 0.3) is 0 Å². The van der Waals surface area contributed by atoms with E-state index < -0.39 is 0 Å². The predicted octanol–water partition coefficient (Wildman–Crippen LogP) is 3.26. The number of carbonyl (C=O) groups excluding carboxylic acids is 1. The van der Waals surface area contributed by atoms with E-state index in [9.17, 15) is 4.79 Å². The van der Waals surface area contributed by atoms with Crippen molar-refractivity contribution in [1.82, 2.24) is 4.98 Å². The van der Waals surface area contributed by atoms with Gasteiger partial charge in [0.25, 0.3) is 0 Å². The van der Waals surface area contributed by atoms with Gasteiger partial charge in [0.1, 0.15) is 0 Å². The molecule has 2 aromatic rings. The molecule has 18 heavy (non-hydrogen) atoms. The molecule has 0 saturated heterocycles. The summed E-state index contributed by atoms with van der Waals surface area (Å²) < 4.78 is 0. The number of hydrogen-bond donors (Lipinski definition) is 2. The molecule has 92 valence electrons. The number of ketones is 1. The Morgan fingerprint density at radius 3 is 2.83 bits per heavy atom. The highest BCUT2D eigenvalue weighted by Crippen LogP contribution is 2.23. The second-order valence-electron chi connectivity index (χ2n) is 3.85. The Hall–Kier alpha value is -2.07. The second kappa shape index (κ2) is 5.06. The number of anilines is 3. The van der Waals surface area contributed by atoms with Crippen molar-refractivity contribution in [2.75, 3.05) is 11.1 Å². The Balaban J connectivity index is 2.28. The summed E-state index contributed by atoms with van der Waals surface area (Å²) in [5.41, 5.74) is 7.63. The van der Waals surface area contributed by atoms with E-state index in [1.165, 1.54) is 13.1 Å². The van der Waals surface area contributed by atoms with Gasteiger partial charge in [0.15, 0.2) is 11.6 Å². The van der Waals surface area contributed by atoms with Crippen LogP contribution in [0.3, 0.4) is 0 Å². The van der Waals surface area contributed by atoms with Crippen LogP contribution in [-0.2, 0) is 0 Å². The van der Waals surface area contributed by atoms with E-state index in [4.69, 9.17) is 17.3 Å². The molecule has 0 aliphatic rings. The largest absolute Gasteiger partial charge is 0.396 e. The molecule has 0 aliphatic heterocycles. The zero-order valence-electron chi connectivity index (χ0n) is 9.77. The van der Waals surface area contributed by atoms with Crippen molar-refractivity contribution < 1.29 is 4.79 Å². The van der Waals surface area contributed by atoms with Crippen LogP contribution in [0.2, 0.25) is 5.02 Å². The molecule has 2 rings (SSSR count). The van der Waals surface area contributed by atoms with Gasteiger partial charge in [-0.05, 0) is 25.1 Å². The fourth-order valence-electron chi connectivity index (χ4n) is 1.51. The number of aromatic nitrogens is 1. The second-order valence-corrected chi connectivity index (χ2v) is 4.29. The number of nitrogens with two attached hydrogens (primary N) is 1. The number of halogens is 1. The highest BCUT2D eigenvalue weighted by Gasteiger charge is 2.04. The van der Waals surface area contributed by atoms with E-state index in [2.05, 4.69) is 10.3 Å². The maximum absolute atomic E-state index is 11.3. The van der Waals surface area contributed by atoms with Crippen LogP contribution >= 0.6 is 11.6 Å². The summed E-state index contributed by atoms with van der Waals surface area (Å²) in [5, 5.41) is 3.53. The zero-order chi connectivity index (χ0) is 13.1. The van der Waals surface area contributed by atoms with Gasteiger partial charge in [0.2, 0.25) is 0 Å². The molecule has 0 atom stereocenters. The number of nitrogens with one attached hydrogen (secondary N) is 1. The first-order valence-corrected chi connectivity index (χ1v) is 5.73.